The van der Waals surface area contributed by atoms with Crippen LogP contribution in [0.25, 0.3) is 0 Å². The van der Waals surface area contributed by atoms with Crippen molar-refractivity contribution in [2.75, 3.05) is 30.8 Å². The third kappa shape index (κ3) is 6.66. The van der Waals surface area contributed by atoms with E-state index in [1.54, 1.807) is 47.4 Å². The van der Waals surface area contributed by atoms with E-state index in [0.29, 0.717) is 40.8 Å². The highest BCUT2D eigenvalue weighted by molar-refractivity contribution is 6.33. The van der Waals surface area contributed by atoms with Crippen LogP contribution in [0, 0.1) is 0 Å². The first kappa shape index (κ1) is 27.9. The van der Waals surface area contributed by atoms with E-state index in [0.717, 1.165) is 12.8 Å². The van der Waals surface area contributed by atoms with Gasteiger partial charge in [0, 0.05) is 19.5 Å². The van der Waals surface area contributed by atoms with Crippen LogP contribution >= 0.6 is 11.6 Å². The second-order valence-corrected chi connectivity index (χ2v) is 9.33. The Morgan fingerprint density at radius 1 is 0.974 bits per heavy atom. The zero-order valence-electron chi connectivity index (χ0n) is 21.1. The first-order valence-electron chi connectivity index (χ1n) is 12.2. The van der Waals surface area contributed by atoms with Crippen LogP contribution < -0.4 is 20.1 Å². The Hall–Kier alpha value is -4.12. The zero-order valence-corrected chi connectivity index (χ0v) is 21.9. The molecule has 204 valence electrons. The number of methoxy groups -OCH3 is 1. The average molecular weight is 554 g/mol. The summed E-state index contributed by atoms with van der Waals surface area (Å²) in [4.78, 5) is 38.7. The van der Waals surface area contributed by atoms with Gasteiger partial charge in [0.15, 0.2) is 0 Å². The number of amides is 2. The highest BCUT2D eigenvalue weighted by Crippen LogP contribution is 2.30. The summed E-state index contributed by atoms with van der Waals surface area (Å²) in [5.41, 5.74) is 1.38. The molecule has 1 heterocycles. The number of aromatic carboxylic acids is 1. The molecular weight excluding hydrogens is 526 g/mol. The summed E-state index contributed by atoms with van der Waals surface area (Å²) in [5.74, 6) is -3.49. The van der Waals surface area contributed by atoms with Gasteiger partial charge < -0.3 is 30.3 Å². The summed E-state index contributed by atoms with van der Waals surface area (Å²) >= 11 is 6.10. The Kier molecular flexibility index (Phi) is 8.70. The van der Waals surface area contributed by atoms with Gasteiger partial charge in [0.1, 0.15) is 11.5 Å². The van der Waals surface area contributed by atoms with E-state index in [9.17, 15) is 19.5 Å². The quantitative estimate of drug-likeness (QED) is 0.267. The van der Waals surface area contributed by atoms with E-state index in [1.807, 2.05) is 0 Å². The van der Waals surface area contributed by atoms with Gasteiger partial charge in [0.05, 0.1) is 29.1 Å². The van der Waals surface area contributed by atoms with Gasteiger partial charge in [0.25, 0.3) is 0 Å². The van der Waals surface area contributed by atoms with E-state index < -0.39 is 23.7 Å². The van der Waals surface area contributed by atoms with Crippen LogP contribution in [0.2, 0.25) is 5.02 Å². The highest BCUT2D eigenvalue weighted by Gasteiger charge is 2.45. The lowest BCUT2D eigenvalue weighted by atomic mass is 10.0. The number of para-hydroxylation sites is 1. The Labute approximate surface area is 230 Å². The number of nitrogens with zero attached hydrogens (tertiary/aromatic N) is 1. The van der Waals surface area contributed by atoms with Gasteiger partial charge in [-0.25, -0.2) is 14.5 Å². The van der Waals surface area contributed by atoms with Crippen molar-refractivity contribution in [3.05, 3.63) is 82.9 Å². The monoisotopic (exact) mass is 553 g/mol. The minimum Gasteiger partial charge on any atom is -0.495 e. The summed E-state index contributed by atoms with van der Waals surface area (Å²) in [6, 6.07) is 16.6. The highest BCUT2D eigenvalue weighted by atomic mass is 35.5. The molecule has 3 aromatic carbocycles. The van der Waals surface area contributed by atoms with Crippen LogP contribution in [-0.4, -0.2) is 59.0 Å². The maximum atomic E-state index is 13.5. The molecule has 3 aromatic rings. The number of benzene rings is 3. The molecule has 0 saturated carbocycles. The van der Waals surface area contributed by atoms with Crippen LogP contribution in [0.5, 0.6) is 11.5 Å². The van der Waals surface area contributed by atoms with E-state index in [1.165, 1.54) is 31.4 Å². The fourth-order valence-electron chi connectivity index (χ4n) is 4.24. The second kappa shape index (κ2) is 12.2. The number of ether oxygens (including phenoxy) is 2. The summed E-state index contributed by atoms with van der Waals surface area (Å²) in [6.07, 6.45) is 1.39. The van der Waals surface area contributed by atoms with Crippen LogP contribution in [0.15, 0.2) is 66.7 Å². The number of nitrogens with one attached hydrogen (secondary N) is 2. The number of urea groups is 1. The van der Waals surface area contributed by atoms with Gasteiger partial charge in [-0.3, -0.25) is 4.79 Å². The van der Waals surface area contributed by atoms with Crippen molar-refractivity contribution >= 4 is 40.8 Å². The van der Waals surface area contributed by atoms with Crippen molar-refractivity contribution in [3.8, 4) is 11.5 Å². The zero-order chi connectivity index (χ0) is 28.0. The van der Waals surface area contributed by atoms with Crippen molar-refractivity contribution in [1.82, 2.24) is 4.90 Å². The third-order valence-electron chi connectivity index (χ3n) is 6.26. The molecule has 11 heteroatoms. The van der Waals surface area contributed by atoms with Crippen LogP contribution in [0.3, 0.4) is 0 Å². The van der Waals surface area contributed by atoms with Gasteiger partial charge >= 0.3 is 17.9 Å². The smallest absolute Gasteiger partial charge is 0.335 e. The summed E-state index contributed by atoms with van der Waals surface area (Å²) in [6.45, 7) is 0.921. The van der Waals surface area contributed by atoms with Crippen molar-refractivity contribution in [3.63, 3.8) is 0 Å². The number of rotatable bonds is 10. The van der Waals surface area contributed by atoms with Gasteiger partial charge in [0.2, 0.25) is 5.78 Å². The SMILES string of the molecule is COc1cc(CC(=O)C(O)(Oc2ccc(C(=O)O)cc2)N2CCCC2)ccc1NC(=O)Nc1ccccc1Cl. The van der Waals surface area contributed by atoms with Gasteiger partial charge in [-0.15, -0.1) is 0 Å². The number of carboxylic acid groups (broad SMARTS) is 1. The fraction of sp³-hybridized carbons (Fsp3) is 0.250. The van der Waals surface area contributed by atoms with Gasteiger partial charge in [-0.2, -0.15) is 0 Å². The minimum absolute atomic E-state index is 0.0553. The number of likely N-dealkylation sites (tertiary alicyclic amines) is 1. The molecule has 1 aliphatic rings. The lowest BCUT2D eigenvalue weighted by Gasteiger charge is -2.35. The van der Waals surface area contributed by atoms with Crippen LogP contribution in [-0.2, 0) is 11.2 Å². The first-order valence-corrected chi connectivity index (χ1v) is 12.6. The Morgan fingerprint density at radius 2 is 1.64 bits per heavy atom. The molecule has 10 nitrogen and oxygen atoms in total. The molecule has 1 aliphatic heterocycles. The molecule has 0 bridgehead atoms. The number of aliphatic hydroxyl groups is 1. The van der Waals surface area contributed by atoms with Crippen LogP contribution in [0.1, 0.15) is 28.8 Å². The van der Waals surface area contributed by atoms with Crippen molar-refractivity contribution in [2.45, 2.75) is 25.2 Å². The lowest BCUT2D eigenvalue weighted by Crippen LogP contribution is -2.58. The number of carbonyl (C=O) groups excluding carboxylic acids is 2. The molecule has 4 rings (SSSR count). The first-order chi connectivity index (χ1) is 18.7. The number of Topliss-reactive ketones (excluding diaryl/α,β-unsaturated/α-hetero) is 1. The Bertz CT molecular complexity index is 1360. The predicted octanol–water partition coefficient (Wildman–Crippen LogP) is 4.62. The lowest BCUT2D eigenvalue weighted by molar-refractivity contribution is -0.228. The molecule has 2 amide bonds. The van der Waals surface area contributed by atoms with E-state index in [-0.39, 0.29) is 17.7 Å². The molecule has 39 heavy (non-hydrogen) atoms. The number of halogens is 1. The number of carbonyl (C=O) groups is 3. The number of carboxylic acids is 1. The number of ketones is 1. The largest absolute Gasteiger partial charge is 0.495 e. The molecule has 1 saturated heterocycles. The van der Waals surface area contributed by atoms with E-state index in [4.69, 9.17) is 26.2 Å². The molecule has 0 spiro atoms. The molecule has 0 aromatic heterocycles. The number of hydrogen-bond donors (Lipinski definition) is 4. The molecule has 0 aliphatic carbocycles. The van der Waals surface area contributed by atoms with E-state index in [2.05, 4.69) is 10.6 Å². The van der Waals surface area contributed by atoms with E-state index >= 15 is 0 Å². The maximum Gasteiger partial charge on any atom is 0.335 e. The van der Waals surface area contributed by atoms with Crippen molar-refractivity contribution in [2.24, 2.45) is 0 Å². The molecule has 4 N–H and O–H groups in total. The van der Waals surface area contributed by atoms with Crippen LogP contribution in [0.4, 0.5) is 16.2 Å². The molecule has 1 unspecified atom stereocenters. The number of anilines is 2. The maximum absolute atomic E-state index is 13.5. The molecule has 1 fully saturated rings. The topological polar surface area (TPSA) is 137 Å². The Morgan fingerprint density at radius 3 is 2.28 bits per heavy atom. The minimum atomic E-state index is -2.25. The fourth-order valence-corrected chi connectivity index (χ4v) is 4.42. The molecule has 1 atom stereocenters. The summed E-state index contributed by atoms with van der Waals surface area (Å²) in [5, 5.41) is 26.3. The second-order valence-electron chi connectivity index (χ2n) is 8.93. The predicted molar refractivity (Wildman–Crippen MR) is 146 cm³/mol. The molecule has 0 radical (unpaired) electrons. The van der Waals surface area contributed by atoms with Crippen molar-refractivity contribution in [1.29, 1.82) is 0 Å². The Balaban J connectivity index is 1.50. The number of hydrogen-bond acceptors (Lipinski definition) is 7. The third-order valence-corrected chi connectivity index (χ3v) is 6.59. The standard InChI is InChI=1S/C28H28ClN3O7/c1-38-24-16-18(8-13-23(24)31-27(36)30-22-7-3-2-6-21(22)29)17-25(33)28(37,32-14-4-5-15-32)39-20-11-9-19(10-12-20)26(34)35/h2-3,6-13,16,37H,4-5,14-15,17H2,1H3,(H,34,35)(H2,30,31,36). The summed E-state index contributed by atoms with van der Waals surface area (Å²) < 4.78 is 11.2. The normalized spacial score (nSPS) is 14.7. The average Bonchev–Trinajstić information content (AvgIpc) is 3.47. The van der Waals surface area contributed by atoms with Gasteiger partial charge in [-0.1, -0.05) is 29.8 Å². The van der Waals surface area contributed by atoms with Crippen molar-refractivity contribution < 1.29 is 34.1 Å². The molecular formula is C28H28ClN3O7. The summed E-state index contributed by atoms with van der Waals surface area (Å²) in [7, 11) is 1.43. The van der Waals surface area contributed by atoms with Gasteiger partial charge in [-0.05, 0) is 66.9 Å².